The predicted molar refractivity (Wildman–Crippen MR) is 44.7 cm³/mol. The Kier molecular flexibility index (Phi) is 3.04. The molecule has 0 amide bonds. The first kappa shape index (κ1) is 8.20. The highest BCUT2D eigenvalue weighted by Gasteiger charge is 1.92. The Balaban J connectivity index is 2.63. The zero-order valence-corrected chi connectivity index (χ0v) is 7.24. The molecule has 0 spiro atoms. The summed E-state index contributed by atoms with van der Waals surface area (Å²) in [6.07, 6.45) is 0. The lowest BCUT2D eigenvalue weighted by atomic mass is 10.2. The maximum absolute atomic E-state index is 9.58. The van der Waals surface area contributed by atoms with Gasteiger partial charge in [0.1, 0.15) is 6.61 Å². The molecule has 1 rings (SSSR count). The molecule has 1 aromatic rings. The van der Waals surface area contributed by atoms with Crippen LogP contribution in [0.1, 0.15) is 5.56 Å². The SMILES string of the molecule is O=NOCc1cccc(Br)c1. The number of benzene rings is 1. The van der Waals surface area contributed by atoms with E-state index >= 15 is 0 Å². The minimum absolute atomic E-state index is 0.225. The highest BCUT2D eigenvalue weighted by Crippen LogP contribution is 2.12. The van der Waals surface area contributed by atoms with Gasteiger partial charge in [0.05, 0.1) is 0 Å². The van der Waals surface area contributed by atoms with E-state index in [1.807, 2.05) is 24.3 Å². The molecule has 0 saturated heterocycles. The van der Waals surface area contributed by atoms with Gasteiger partial charge < -0.3 is 4.84 Å². The molecule has 1 aromatic carbocycles. The van der Waals surface area contributed by atoms with Gasteiger partial charge in [0.2, 0.25) is 0 Å². The van der Waals surface area contributed by atoms with E-state index in [1.165, 1.54) is 0 Å². The van der Waals surface area contributed by atoms with Gasteiger partial charge in [-0.05, 0) is 17.7 Å². The second-order valence-electron chi connectivity index (χ2n) is 1.98. The van der Waals surface area contributed by atoms with E-state index in [4.69, 9.17) is 0 Å². The Morgan fingerprint density at radius 1 is 1.55 bits per heavy atom. The number of nitrogens with zero attached hydrogens (tertiary/aromatic N) is 1. The van der Waals surface area contributed by atoms with E-state index < -0.39 is 0 Å². The Morgan fingerprint density at radius 2 is 2.36 bits per heavy atom. The quantitative estimate of drug-likeness (QED) is 0.575. The standard InChI is InChI=1S/C7H6BrNO2/c8-7-3-1-2-6(4-7)5-11-9-10/h1-4H,5H2. The van der Waals surface area contributed by atoms with Crippen LogP contribution in [0.3, 0.4) is 0 Å². The molecular weight excluding hydrogens is 210 g/mol. The maximum atomic E-state index is 9.58. The fraction of sp³-hybridized carbons (Fsp3) is 0.143. The molecule has 0 saturated carbocycles. The van der Waals surface area contributed by atoms with Gasteiger partial charge in [-0.25, -0.2) is 0 Å². The van der Waals surface area contributed by atoms with Gasteiger partial charge in [0.15, 0.2) is 5.34 Å². The second kappa shape index (κ2) is 4.08. The van der Waals surface area contributed by atoms with Gasteiger partial charge in [-0.1, -0.05) is 28.1 Å². The Morgan fingerprint density at radius 3 is 3.00 bits per heavy atom. The minimum atomic E-state index is 0.225. The van der Waals surface area contributed by atoms with Crippen molar-refractivity contribution in [3.63, 3.8) is 0 Å². The molecule has 0 unspecified atom stereocenters. The lowest BCUT2D eigenvalue weighted by Crippen LogP contribution is -1.84. The minimum Gasteiger partial charge on any atom is -0.359 e. The summed E-state index contributed by atoms with van der Waals surface area (Å²) in [6, 6.07) is 7.49. The zero-order valence-electron chi connectivity index (χ0n) is 5.66. The first-order chi connectivity index (χ1) is 5.33. The molecule has 11 heavy (non-hydrogen) atoms. The van der Waals surface area contributed by atoms with Crippen LogP contribution in [0.4, 0.5) is 0 Å². The molecule has 4 heteroatoms. The third-order valence-electron chi connectivity index (χ3n) is 1.17. The lowest BCUT2D eigenvalue weighted by Gasteiger charge is -1.96. The summed E-state index contributed by atoms with van der Waals surface area (Å²) in [5.41, 5.74) is 0.916. The summed E-state index contributed by atoms with van der Waals surface area (Å²) in [7, 11) is 0. The Hall–Kier alpha value is -0.900. The third kappa shape index (κ3) is 2.67. The van der Waals surface area contributed by atoms with Gasteiger partial charge in [-0.2, -0.15) is 0 Å². The van der Waals surface area contributed by atoms with Crippen molar-refractivity contribution < 1.29 is 4.84 Å². The molecule has 58 valence electrons. The summed E-state index contributed by atoms with van der Waals surface area (Å²) >= 11 is 3.29. The van der Waals surface area contributed by atoms with Crippen LogP contribution in [0.2, 0.25) is 0 Å². The molecular formula is C7H6BrNO2. The van der Waals surface area contributed by atoms with E-state index in [9.17, 15) is 4.91 Å². The zero-order chi connectivity index (χ0) is 8.10. The summed E-state index contributed by atoms with van der Waals surface area (Å²) in [5, 5.41) is 2.30. The summed E-state index contributed by atoms with van der Waals surface area (Å²) < 4.78 is 0.962. The van der Waals surface area contributed by atoms with E-state index in [0.29, 0.717) is 0 Å². The largest absolute Gasteiger partial charge is 0.359 e. The number of halogens is 1. The number of hydrogen-bond donors (Lipinski definition) is 0. The highest BCUT2D eigenvalue weighted by atomic mass is 79.9. The first-order valence-electron chi connectivity index (χ1n) is 3.02. The van der Waals surface area contributed by atoms with Crippen LogP contribution in [0.15, 0.2) is 34.1 Å². The van der Waals surface area contributed by atoms with Crippen molar-refractivity contribution in [2.75, 3.05) is 0 Å². The predicted octanol–water partition coefficient (Wildman–Crippen LogP) is 2.65. The van der Waals surface area contributed by atoms with E-state index in [2.05, 4.69) is 26.1 Å². The number of rotatable bonds is 3. The van der Waals surface area contributed by atoms with Crippen LogP contribution < -0.4 is 0 Å². The van der Waals surface area contributed by atoms with Gasteiger partial charge in [-0.3, -0.25) is 0 Å². The van der Waals surface area contributed by atoms with Gasteiger partial charge in [0, 0.05) is 4.47 Å². The average molecular weight is 216 g/mol. The molecule has 0 aliphatic heterocycles. The molecule has 0 bridgehead atoms. The van der Waals surface area contributed by atoms with Crippen LogP contribution in [0.5, 0.6) is 0 Å². The normalized spacial score (nSPS) is 9.18. The van der Waals surface area contributed by atoms with Crippen LogP contribution in [-0.2, 0) is 11.4 Å². The van der Waals surface area contributed by atoms with Crippen LogP contribution in [0.25, 0.3) is 0 Å². The molecule has 0 aliphatic rings. The van der Waals surface area contributed by atoms with Crippen molar-refractivity contribution in [2.24, 2.45) is 5.34 Å². The second-order valence-corrected chi connectivity index (χ2v) is 2.89. The van der Waals surface area contributed by atoms with Crippen LogP contribution in [-0.4, -0.2) is 0 Å². The number of hydrogen-bond acceptors (Lipinski definition) is 3. The van der Waals surface area contributed by atoms with Crippen molar-refractivity contribution in [1.82, 2.24) is 0 Å². The van der Waals surface area contributed by atoms with Crippen molar-refractivity contribution in [2.45, 2.75) is 6.61 Å². The van der Waals surface area contributed by atoms with E-state index in [1.54, 1.807) is 0 Å². The Bertz CT molecular complexity index is 252. The van der Waals surface area contributed by atoms with Gasteiger partial charge in [0.25, 0.3) is 0 Å². The molecule has 0 fully saturated rings. The molecule has 3 nitrogen and oxygen atoms in total. The van der Waals surface area contributed by atoms with E-state index in [0.717, 1.165) is 10.0 Å². The summed E-state index contributed by atoms with van der Waals surface area (Å²) in [4.78, 5) is 13.9. The first-order valence-corrected chi connectivity index (χ1v) is 3.81. The fourth-order valence-electron chi connectivity index (χ4n) is 0.728. The van der Waals surface area contributed by atoms with E-state index in [-0.39, 0.29) is 6.61 Å². The van der Waals surface area contributed by atoms with Crippen LogP contribution in [0, 0.1) is 4.91 Å². The van der Waals surface area contributed by atoms with Crippen LogP contribution >= 0.6 is 15.9 Å². The highest BCUT2D eigenvalue weighted by molar-refractivity contribution is 9.10. The smallest absolute Gasteiger partial charge is 0.155 e. The molecule has 0 aromatic heterocycles. The fourth-order valence-corrected chi connectivity index (χ4v) is 1.17. The maximum Gasteiger partial charge on any atom is 0.155 e. The van der Waals surface area contributed by atoms with Gasteiger partial charge >= 0.3 is 0 Å². The third-order valence-corrected chi connectivity index (χ3v) is 1.67. The Labute approximate surface area is 72.4 Å². The van der Waals surface area contributed by atoms with Gasteiger partial charge in [-0.15, -0.1) is 4.91 Å². The molecule has 0 N–H and O–H groups in total. The molecule has 0 radical (unpaired) electrons. The molecule has 0 heterocycles. The monoisotopic (exact) mass is 215 g/mol. The van der Waals surface area contributed by atoms with Crippen molar-refractivity contribution >= 4 is 15.9 Å². The average Bonchev–Trinajstić information content (AvgIpc) is 2.01. The van der Waals surface area contributed by atoms with Crippen molar-refractivity contribution in [3.05, 3.63) is 39.2 Å². The van der Waals surface area contributed by atoms with Crippen molar-refractivity contribution in [1.29, 1.82) is 0 Å². The van der Waals surface area contributed by atoms with Crippen molar-refractivity contribution in [3.8, 4) is 0 Å². The molecule has 0 atom stereocenters. The summed E-state index contributed by atoms with van der Waals surface area (Å²) in [6.45, 7) is 0.225. The summed E-state index contributed by atoms with van der Waals surface area (Å²) in [5.74, 6) is 0. The molecule has 0 aliphatic carbocycles. The lowest BCUT2D eigenvalue weighted by molar-refractivity contribution is 0.126. The topological polar surface area (TPSA) is 38.7 Å².